The number of rotatable bonds is 7. The van der Waals surface area contributed by atoms with Crippen molar-refractivity contribution >= 4 is 5.97 Å². The average molecular weight is 230 g/mol. The molecule has 0 amide bonds. The Morgan fingerprint density at radius 2 is 2.31 bits per heavy atom. The van der Waals surface area contributed by atoms with Crippen LogP contribution in [-0.2, 0) is 14.3 Å². The Morgan fingerprint density at radius 1 is 1.62 bits per heavy atom. The van der Waals surface area contributed by atoms with E-state index in [2.05, 4.69) is 18.2 Å². The summed E-state index contributed by atoms with van der Waals surface area (Å²) in [5.74, 6) is -0.113. The minimum absolute atomic E-state index is 0.113. The fourth-order valence-electron chi connectivity index (χ4n) is 0.917. The molecule has 1 saturated heterocycles. The zero-order valence-electron chi connectivity index (χ0n) is 9.98. The van der Waals surface area contributed by atoms with E-state index >= 15 is 0 Å². The molecule has 1 rings (SSSR count). The highest BCUT2D eigenvalue weighted by atomic mass is 16.6. The van der Waals surface area contributed by atoms with Crippen LogP contribution in [0.3, 0.4) is 0 Å². The van der Waals surface area contributed by atoms with Crippen LogP contribution in [0.4, 0.5) is 0 Å². The van der Waals surface area contributed by atoms with Crippen molar-refractivity contribution in [3.05, 3.63) is 12.7 Å². The quantitative estimate of drug-likeness (QED) is 0.313. The van der Waals surface area contributed by atoms with Crippen molar-refractivity contribution < 1.29 is 19.4 Å². The molecule has 4 heteroatoms. The number of hydrogen-bond acceptors (Lipinski definition) is 4. The molecule has 0 spiro atoms. The lowest BCUT2D eigenvalue weighted by Crippen LogP contribution is -2.03. The van der Waals surface area contributed by atoms with Crippen molar-refractivity contribution in [2.24, 2.45) is 0 Å². The number of hydrogen-bond donors (Lipinski definition) is 1. The lowest BCUT2D eigenvalue weighted by molar-refractivity contribution is -0.142. The zero-order chi connectivity index (χ0) is 12.2. The molecular weight excluding hydrogens is 208 g/mol. The summed E-state index contributed by atoms with van der Waals surface area (Å²) in [6.07, 6.45) is 5.49. The summed E-state index contributed by atoms with van der Waals surface area (Å²) in [7, 11) is 0. The number of aliphatic hydroxyl groups excluding tert-OH is 1. The van der Waals surface area contributed by atoms with Crippen LogP contribution in [0, 0.1) is 0 Å². The van der Waals surface area contributed by atoms with E-state index in [0.717, 1.165) is 25.9 Å². The first kappa shape index (κ1) is 15.1. The van der Waals surface area contributed by atoms with Gasteiger partial charge in [0.1, 0.15) is 12.7 Å². The van der Waals surface area contributed by atoms with Gasteiger partial charge in [0.15, 0.2) is 0 Å². The van der Waals surface area contributed by atoms with Crippen LogP contribution in [-0.4, -0.2) is 37.0 Å². The summed E-state index contributed by atoms with van der Waals surface area (Å²) in [4.78, 5) is 10.8. The SMILES string of the molecule is C=CCOC(=O)CCCCC.OCC1CO1. The standard InChI is InChI=1S/C9H16O2.C3H6O2/c1-3-5-6-7-9(10)11-8-4-2;4-1-3-2-5-3/h4H,2-3,5-8H2,1H3;3-4H,1-2H2. The molecule has 0 aromatic rings. The van der Waals surface area contributed by atoms with Gasteiger partial charge in [-0.05, 0) is 6.42 Å². The van der Waals surface area contributed by atoms with Crippen molar-refractivity contribution in [3.63, 3.8) is 0 Å². The van der Waals surface area contributed by atoms with Crippen LogP contribution in [0.25, 0.3) is 0 Å². The van der Waals surface area contributed by atoms with Crippen molar-refractivity contribution in [2.75, 3.05) is 19.8 Å². The Kier molecular flexibility index (Phi) is 10.1. The molecule has 1 aliphatic heterocycles. The predicted octanol–water partition coefficient (Wildman–Crippen LogP) is 1.67. The van der Waals surface area contributed by atoms with Gasteiger partial charge in [-0.1, -0.05) is 32.4 Å². The maximum atomic E-state index is 10.8. The van der Waals surface area contributed by atoms with Crippen molar-refractivity contribution in [2.45, 2.75) is 38.7 Å². The average Bonchev–Trinajstić information content (AvgIpc) is 3.11. The van der Waals surface area contributed by atoms with Crippen LogP contribution in [0.5, 0.6) is 0 Å². The third-order valence-electron chi connectivity index (χ3n) is 1.95. The molecule has 94 valence electrons. The largest absolute Gasteiger partial charge is 0.461 e. The topological polar surface area (TPSA) is 59.1 Å². The summed E-state index contributed by atoms with van der Waals surface area (Å²) in [5, 5.41) is 8.08. The van der Waals surface area contributed by atoms with Crippen LogP contribution in [0.1, 0.15) is 32.6 Å². The zero-order valence-corrected chi connectivity index (χ0v) is 9.98. The Balaban J connectivity index is 0.000000368. The first-order chi connectivity index (χ1) is 7.74. The highest BCUT2D eigenvalue weighted by Gasteiger charge is 2.19. The van der Waals surface area contributed by atoms with Crippen molar-refractivity contribution in [1.82, 2.24) is 0 Å². The Morgan fingerprint density at radius 3 is 2.69 bits per heavy atom. The van der Waals surface area contributed by atoms with Crippen LogP contribution < -0.4 is 0 Å². The van der Waals surface area contributed by atoms with E-state index in [1.165, 1.54) is 0 Å². The Hall–Kier alpha value is -0.870. The minimum atomic E-state index is -0.113. The molecule has 0 bridgehead atoms. The number of ether oxygens (including phenoxy) is 2. The third-order valence-corrected chi connectivity index (χ3v) is 1.95. The molecule has 0 saturated carbocycles. The van der Waals surface area contributed by atoms with Gasteiger partial charge in [0.2, 0.25) is 0 Å². The molecule has 1 atom stereocenters. The van der Waals surface area contributed by atoms with E-state index < -0.39 is 0 Å². The Bertz CT molecular complexity index is 187. The smallest absolute Gasteiger partial charge is 0.306 e. The van der Waals surface area contributed by atoms with E-state index in [0.29, 0.717) is 13.0 Å². The molecule has 1 unspecified atom stereocenters. The number of carbonyl (C=O) groups is 1. The summed E-state index contributed by atoms with van der Waals surface area (Å²) >= 11 is 0. The third kappa shape index (κ3) is 11.2. The van der Waals surface area contributed by atoms with Crippen molar-refractivity contribution in [3.8, 4) is 0 Å². The van der Waals surface area contributed by atoms with Gasteiger partial charge >= 0.3 is 5.97 Å². The van der Waals surface area contributed by atoms with Gasteiger partial charge in [-0.25, -0.2) is 0 Å². The summed E-state index contributed by atoms with van der Waals surface area (Å²) in [6, 6.07) is 0. The molecule has 16 heavy (non-hydrogen) atoms. The van der Waals surface area contributed by atoms with Gasteiger partial charge in [0.05, 0.1) is 13.2 Å². The maximum absolute atomic E-state index is 10.8. The molecule has 0 aromatic heterocycles. The van der Waals surface area contributed by atoms with Gasteiger partial charge in [-0.2, -0.15) is 0 Å². The number of epoxide rings is 1. The molecule has 1 aliphatic rings. The van der Waals surface area contributed by atoms with Crippen LogP contribution in [0.15, 0.2) is 12.7 Å². The van der Waals surface area contributed by atoms with E-state index in [4.69, 9.17) is 9.84 Å². The molecular formula is C12H22O4. The second-order valence-corrected chi connectivity index (χ2v) is 3.57. The number of carbonyl (C=O) groups excluding carboxylic acids is 1. The predicted molar refractivity (Wildman–Crippen MR) is 62.1 cm³/mol. The highest BCUT2D eigenvalue weighted by molar-refractivity contribution is 5.69. The summed E-state index contributed by atoms with van der Waals surface area (Å²) in [6.45, 7) is 6.85. The van der Waals surface area contributed by atoms with E-state index in [9.17, 15) is 4.79 Å². The maximum Gasteiger partial charge on any atom is 0.306 e. The second kappa shape index (κ2) is 10.6. The molecule has 4 nitrogen and oxygen atoms in total. The fraction of sp³-hybridized carbons (Fsp3) is 0.750. The second-order valence-electron chi connectivity index (χ2n) is 3.57. The molecule has 0 radical (unpaired) electrons. The number of esters is 1. The van der Waals surface area contributed by atoms with E-state index in [1.807, 2.05) is 0 Å². The lowest BCUT2D eigenvalue weighted by Gasteiger charge is -1.99. The Labute approximate surface area is 97.2 Å². The summed E-state index contributed by atoms with van der Waals surface area (Å²) in [5.41, 5.74) is 0. The number of unbranched alkanes of at least 4 members (excludes halogenated alkanes) is 2. The van der Waals surface area contributed by atoms with E-state index in [1.54, 1.807) is 6.08 Å². The van der Waals surface area contributed by atoms with Crippen LogP contribution >= 0.6 is 0 Å². The van der Waals surface area contributed by atoms with Crippen molar-refractivity contribution in [1.29, 1.82) is 0 Å². The van der Waals surface area contributed by atoms with E-state index in [-0.39, 0.29) is 18.7 Å². The first-order valence-electron chi connectivity index (χ1n) is 5.73. The number of aliphatic hydroxyl groups is 1. The highest BCUT2D eigenvalue weighted by Crippen LogP contribution is 2.05. The monoisotopic (exact) mass is 230 g/mol. The molecule has 1 heterocycles. The first-order valence-corrected chi connectivity index (χ1v) is 5.73. The van der Waals surface area contributed by atoms with Gasteiger partial charge in [-0.3, -0.25) is 4.79 Å². The normalized spacial score (nSPS) is 17.0. The van der Waals surface area contributed by atoms with Gasteiger partial charge in [0, 0.05) is 6.42 Å². The molecule has 1 N–H and O–H groups in total. The fourth-order valence-corrected chi connectivity index (χ4v) is 0.917. The molecule has 1 fully saturated rings. The van der Waals surface area contributed by atoms with Crippen LogP contribution in [0.2, 0.25) is 0 Å². The minimum Gasteiger partial charge on any atom is -0.461 e. The van der Waals surface area contributed by atoms with Gasteiger partial charge in [0.25, 0.3) is 0 Å². The van der Waals surface area contributed by atoms with Gasteiger partial charge in [-0.15, -0.1) is 0 Å². The van der Waals surface area contributed by atoms with Gasteiger partial charge < -0.3 is 14.6 Å². The lowest BCUT2D eigenvalue weighted by atomic mass is 10.2. The molecule has 0 aromatic carbocycles. The summed E-state index contributed by atoms with van der Waals surface area (Å²) < 4.78 is 9.39. The molecule has 0 aliphatic carbocycles.